The Morgan fingerprint density at radius 1 is 1.41 bits per heavy atom. The minimum atomic E-state index is -0.0474. The molecular weight excluding hydrogens is 296 g/mol. The van der Waals surface area contributed by atoms with Crippen molar-refractivity contribution in [1.29, 1.82) is 0 Å². The molecule has 1 aliphatic heterocycles. The zero-order valence-corrected chi connectivity index (χ0v) is 13.3. The summed E-state index contributed by atoms with van der Waals surface area (Å²) in [5.41, 5.74) is 1.95. The zero-order chi connectivity index (χ0) is 15.4. The molecule has 0 spiro atoms. The smallest absolute Gasteiger partial charge is 0.246 e. The molecule has 0 N–H and O–H groups in total. The van der Waals surface area contributed by atoms with Crippen molar-refractivity contribution in [3.8, 4) is 0 Å². The van der Waals surface area contributed by atoms with Crippen LogP contribution in [0.2, 0.25) is 0 Å². The van der Waals surface area contributed by atoms with Crippen molar-refractivity contribution in [1.82, 2.24) is 9.88 Å². The van der Waals surface area contributed by atoms with Gasteiger partial charge in [-0.2, -0.15) is 0 Å². The molecule has 1 aromatic carbocycles. The first-order chi connectivity index (χ1) is 10.7. The fourth-order valence-corrected chi connectivity index (χ4v) is 3.02. The Hall–Kier alpha value is -1.98. The molecule has 114 valence electrons. The van der Waals surface area contributed by atoms with E-state index in [1.54, 1.807) is 23.5 Å². The number of nitrogens with zero attached hydrogens (tertiary/aromatic N) is 2. The minimum Gasteiger partial charge on any atom is -0.370 e. The third-order valence-electron chi connectivity index (χ3n) is 3.58. The number of amides is 1. The van der Waals surface area contributed by atoms with Gasteiger partial charge in [-0.25, -0.2) is 4.98 Å². The zero-order valence-electron chi connectivity index (χ0n) is 12.4. The van der Waals surface area contributed by atoms with Crippen LogP contribution in [0.4, 0.5) is 0 Å². The molecule has 2 aromatic rings. The van der Waals surface area contributed by atoms with E-state index >= 15 is 0 Å². The molecule has 0 saturated carbocycles. The lowest BCUT2D eigenvalue weighted by Crippen LogP contribution is -2.41. The van der Waals surface area contributed by atoms with Crippen molar-refractivity contribution < 1.29 is 9.53 Å². The van der Waals surface area contributed by atoms with Crippen LogP contribution >= 0.6 is 11.3 Å². The van der Waals surface area contributed by atoms with E-state index in [1.807, 2.05) is 47.5 Å². The lowest BCUT2D eigenvalue weighted by Gasteiger charge is -2.32. The second-order valence-electron chi connectivity index (χ2n) is 5.18. The predicted molar refractivity (Wildman–Crippen MR) is 87.6 cm³/mol. The molecule has 1 aliphatic rings. The highest BCUT2D eigenvalue weighted by Gasteiger charge is 2.24. The van der Waals surface area contributed by atoms with Gasteiger partial charge in [-0.05, 0) is 18.6 Å². The molecular formula is C17H18N2O2S. The van der Waals surface area contributed by atoms with E-state index in [0.717, 1.165) is 16.3 Å². The molecule has 2 heterocycles. The molecule has 3 rings (SSSR count). The number of aryl methyl sites for hydroxylation is 1. The highest BCUT2D eigenvalue weighted by molar-refractivity contribution is 7.09. The number of thiazole rings is 1. The van der Waals surface area contributed by atoms with Crippen molar-refractivity contribution in [2.24, 2.45) is 0 Å². The largest absolute Gasteiger partial charge is 0.370 e. The van der Waals surface area contributed by atoms with Crippen LogP contribution in [0.25, 0.3) is 6.08 Å². The van der Waals surface area contributed by atoms with Gasteiger partial charge >= 0.3 is 0 Å². The quantitative estimate of drug-likeness (QED) is 0.818. The van der Waals surface area contributed by atoms with Gasteiger partial charge in [0.2, 0.25) is 5.91 Å². The van der Waals surface area contributed by atoms with E-state index in [2.05, 4.69) is 4.98 Å². The van der Waals surface area contributed by atoms with Crippen molar-refractivity contribution in [2.45, 2.75) is 13.0 Å². The van der Waals surface area contributed by atoms with Gasteiger partial charge in [0.05, 0.1) is 23.9 Å². The van der Waals surface area contributed by atoms with E-state index in [-0.39, 0.29) is 12.0 Å². The average molecular weight is 314 g/mol. The maximum atomic E-state index is 12.3. The number of morpholine rings is 1. The highest BCUT2D eigenvalue weighted by atomic mass is 32.1. The second-order valence-corrected chi connectivity index (χ2v) is 6.24. The van der Waals surface area contributed by atoms with E-state index in [4.69, 9.17) is 4.74 Å². The Bertz CT molecular complexity index is 666. The van der Waals surface area contributed by atoms with Crippen LogP contribution in [-0.2, 0) is 9.53 Å². The molecule has 22 heavy (non-hydrogen) atoms. The molecule has 1 amide bonds. The molecule has 1 fully saturated rings. The number of ether oxygens (including phenoxy) is 1. The molecule has 0 aliphatic carbocycles. The van der Waals surface area contributed by atoms with E-state index in [1.165, 1.54) is 0 Å². The van der Waals surface area contributed by atoms with Crippen LogP contribution in [0.15, 0.2) is 41.8 Å². The number of rotatable bonds is 3. The first kappa shape index (κ1) is 14.9. The second kappa shape index (κ2) is 6.85. The Morgan fingerprint density at radius 2 is 2.23 bits per heavy atom. The minimum absolute atomic E-state index is 0.00915. The third-order valence-corrected chi connectivity index (χ3v) is 4.37. The van der Waals surface area contributed by atoms with Crippen molar-refractivity contribution in [2.75, 3.05) is 19.7 Å². The number of hydrogen-bond acceptors (Lipinski definition) is 4. The summed E-state index contributed by atoms with van der Waals surface area (Å²) in [6, 6.07) is 10.0. The fourth-order valence-electron chi connectivity index (χ4n) is 2.44. The number of aromatic nitrogens is 1. The van der Waals surface area contributed by atoms with Crippen LogP contribution in [-0.4, -0.2) is 35.5 Å². The molecule has 1 atom stereocenters. The van der Waals surface area contributed by atoms with Crippen LogP contribution in [0, 0.1) is 6.92 Å². The Morgan fingerprint density at radius 3 is 2.95 bits per heavy atom. The summed E-state index contributed by atoms with van der Waals surface area (Å²) in [4.78, 5) is 18.5. The summed E-state index contributed by atoms with van der Waals surface area (Å²) in [7, 11) is 0. The first-order valence-electron chi connectivity index (χ1n) is 7.28. The Labute approximate surface area is 134 Å². The number of hydrogen-bond donors (Lipinski definition) is 0. The van der Waals surface area contributed by atoms with Gasteiger partial charge in [0.1, 0.15) is 6.10 Å². The Balaban J connectivity index is 1.64. The number of carbonyl (C=O) groups excluding carboxylic acids is 1. The highest BCUT2D eigenvalue weighted by Crippen LogP contribution is 2.22. The van der Waals surface area contributed by atoms with Crippen molar-refractivity contribution in [3.05, 3.63) is 58.1 Å². The summed E-state index contributed by atoms with van der Waals surface area (Å²) in [6.07, 6.45) is 3.33. The van der Waals surface area contributed by atoms with Crippen LogP contribution in [0.5, 0.6) is 0 Å². The number of benzene rings is 1. The molecule has 1 saturated heterocycles. The SMILES string of the molecule is Cc1nc(/C=C/C(=O)N2CCOC(c3ccccc3)C2)cs1. The lowest BCUT2D eigenvalue weighted by molar-refractivity contribution is -0.133. The van der Waals surface area contributed by atoms with Gasteiger partial charge in [-0.3, -0.25) is 4.79 Å². The summed E-state index contributed by atoms with van der Waals surface area (Å²) in [5.74, 6) is 0.00915. The van der Waals surface area contributed by atoms with Gasteiger partial charge in [-0.1, -0.05) is 30.3 Å². The number of carbonyl (C=O) groups is 1. The molecule has 0 bridgehead atoms. The van der Waals surface area contributed by atoms with Gasteiger partial charge in [-0.15, -0.1) is 11.3 Å². The topological polar surface area (TPSA) is 42.4 Å². The summed E-state index contributed by atoms with van der Waals surface area (Å²) in [5, 5.41) is 2.95. The maximum absolute atomic E-state index is 12.3. The van der Waals surface area contributed by atoms with Gasteiger partial charge in [0.15, 0.2) is 0 Å². The summed E-state index contributed by atoms with van der Waals surface area (Å²) in [6.45, 7) is 3.73. The fraction of sp³-hybridized carbons (Fsp3) is 0.294. The van der Waals surface area contributed by atoms with Crippen LogP contribution in [0.1, 0.15) is 22.4 Å². The first-order valence-corrected chi connectivity index (χ1v) is 8.16. The lowest BCUT2D eigenvalue weighted by atomic mass is 10.1. The van der Waals surface area contributed by atoms with Crippen LogP contribution in [0.3, 0.4) is 0 Å². The molecule has 0 radical (unpaired) electrons. The van der Waals surface area contributed by atoms with Gasteiger partial charge in [0.25, 0.3) is 0 Å². The average Bonchev–Trinajstić information content (AvgIpc) is 2.99. The molecule has 1 aromatic heterocycles. The van der Waals surface area contributed by atoms with Crippen molar-refractivity contribution in [3.63, 3.8) is 0 Å². The predicted octanol–water partition coefficient (Wildman–Crippen LogP) is 3.06. The monoisotopic (exact) mass is 314 g/mol. The summed E-state index contributed by atoms with van der Waals surface area (Å²) >= 11 is 1.58. The normalized spacial score (nSPS) is 18.8. The summed E-state index contributed by atoms with van der Waals surface area (Å²) < 4.78 is 5.78. The van der Waals surface area contributed by atoms with Crippen molar-refractivity contribution >= 4 is 23.3 Å². The van der Waals surface area contributed by atoms with E-state index < -0.39 is 0 Å². The Kier molecular flexibility index (Phi) is 4.65. The van der Waals surface area contributed by atoms with Gasteiger partial charge in [0, 0.05) is 18.0 Å². The molecule has 4 nitrogen and oxygen atoms in total. The standard InChI is InChI=1S/C17H18N2O2S/c1-13-18-15(12-22-13)7-8-17(20)19-9-10-21-16(11-19)14-5-3-2-4-6-14/h2-8,12,16H,9-11H2,1H3/b8-7+. The molecule has 1 unspecified atom stereocenters. The maximum Gasteiger partial charge on any atom is 0.246 e. The third kappa shape index (κ3) is 3.61. The molecule has 5 heteroatoms. The van der Waals surface area contributed by atoms with Gasteiger partial charge < -0.3 is 9.64 Å². The van der Waals surface area contributed by atoms with E-state index in [0.29, 0.717) is 19.7 Å². The van der Waals surface area contributed by atoms with Crippen LogP contribution < -0.4 is 0 Å². The van der Waals surface area contributed by atoms with E-state index in [9.17, 15) is 4.79 Å².